The highest BCUT2D eigenvalue weighted by atomic mass is 16.7. The van der Waals surface area contributed by atoms with Crippen molar-refractivity contribution in [3.63, 3.8) is 0 Å². The van der Waals surface area contributed by atoms with Gasteiger partial charge in [-0.2, -0.15) is 0 Å². The number of rotatable bonds is 3. The van der Waals surface area contributed by atoms with Crippen molar-refractivity contribution in [3.05, 3.63) is 23.7 Å². The lowest BCUT2D eigenvalue weighted by Gasteiger charge is -2.66. The fourth-order valence-electron chi connectivity index (χ4n) is 7.68. The first-order valence-electron chi connectivity index (χ1n) is 11.0. The van der Waals surface area contributed by atoms with Gasteiger partial charge in [0.25, 0.3) is 0 Å². The zero-order valence-corrected chi connectivity index (χ0v) is 17.2. The van der Waals surface area contributed by atoms with Crippen LogP contribution in [-0.2, 0) is 25.4 Å². The number of ether oxygens (including phenoxy) is 3. The van der Waals surface area contributed by atoms with Crippen molar-refractivity contribution in [3.8, 4) is 0 Å². The fraction of sp³-hybridized carbons (Fsp3) is 0.783. The predicted octanol–water partition coefficient (Wildman–Crippen LogP) is 4.30. The SMILES string of the molecule is CCO[C@@H]1OC[C@@]2(C(=O)OC)CCCC13[C@H]2CC[C@H]1[C@@H](C)c2ccoc2C[C@@H]13. The first-order chi connectivity index (χ1) is 13.6. The van der Waals surface area contributed by atoms with Gasteiger partial charge >= 0.3 is 5.97 Å². The number of methoxy groups -OCH3 is 1. The van der Waals surface area contributed by atoms with E-state index in [0.29, 0.717) is 31.0 Å². The molecule has 1 aromatic heterocycles. The lowest BCUT2D eigenvalue weighted by Crippen LogP contribution is -2.68. The van der Waals surface area contributed by atoms with Gasteiger partial charge in [0.1, 0.15) is 5.76 Å². The molecule has 4 aliphatic rings. The quantitative estimate of drug-likeness (QED) is 0.723. The Kier molecular flexibility index (Phi) is 4.40. The molecular weight excluding hydrogens is 356 g/mol. The highest BCUT2D eigenvalue weighted by Crippen LogP contribution is 2.69. The average molecular weight is 389 g/mol. The monoisotopic (exact) mass is 388 g/mol. The Morgan fingerprint density at radius 2 is 2.18 bits per heavy atom. The van der Waals surface area contributed by atoms with Crippen LogP contribution in [0.3, 0.4) is 0 Å². The highest BCUT2D eigenvalue weighted by molar-refractivity contribution is 5.78. The third-order valence-electron chi connectivity index (χ3n) is 8.70. The van der Waals surface area contributed by atoms with E-state index in [2.05, 4.69) is 13.0 Å². The summed E-state index contributed by atoms with van der Waals surface area (Å²) in [5, 5.41) is 0. The van der Waals surface area contributed by atoms with Crippen molar-refractivity contribution >= 4 is 5.97 Å². The Hall–Kier alpha value is -1.33. The first kappa shape index (κ1) is 18.7. The van der Waals surface area contributed by atoms with Crippen molar-refractivity contribution in [2.75, 3.05) is 20.3 Å². The molecule has 1 unspecified atom stereocenters. The molecule has 1 aromatic rings. The van der Waals surface area contributed by atoms with Gasteiger partial charge in [0.2, 0.25) is 0 Å². The van der Waals surface area contributed by atoms with Gasteiger partial charge in [-0.1, -0.05) is 13.3 Å². The zero-order valence-electron chi connectivity index (χ0n) is 17.2. The topological polar surface area (TPSA) is 57.9 Å². The maximum absolute atomic E-state index is 13.0. The van der Waals surface area contributed by atoms with Crippen LogP contribution in [0.2, 0.25) is 0 Å². The molecule has 3 aliphatic carbocycles. The average Bonchev–Trinajstić information content (AvgIpc) is 3.18. The minimum atomic E-state index is -0.516. The van der Waals surface area contributed by atoms with Crippen molar-refractivity contribution in [1.82, 2.24) is 0 Å². The second kappa shape index (κ2) is 6.60. The van der Waals surface area contributed by atoms with E-state index in [1.807, 2.05) is 13.2 Å². The molecule has 7 atom stereocenters. The Balaban J connectivity index is 1.63. The van der Waals surface area contributed by atoms with E-state index in [1.165, 1.54) is 12.7 Å². The summed E-state index contributed by atoms with van der Waals surface area (Å²) in [5.74, 6) is 2.77. The molecule has 0 spiro atoms. The molecule has 0 aromatic carbocycles. The molecule has 5 heteroatoms. The Bertz CT molecular complexity index is 756. The molecular formula is C23H32O5. The number of furan rings is 1. The maximum Gasteiger partial charge on any atom is 0.314 e. The van der Waals surface area contributed by atoms with E-state index >= 15 is 0 Å². The molecule has 2 heterocycles. The van der Waals surface area contributed by atoms with Crippen LogP contribution in [0.1, 0.15) is 63.2 Å². The van der Waals surface area contributed by atoms with E-state index in [0.717, 1.165) is 44.3 Å². The van der Waals surface area contributed by atoms with Gasteiger partial charge in [0.15, 0.2) is 6.29 Å². The molecule has 154 valence electrons. The molecule has 1 aliphatic heterocycles. The Labute approximate surface area is 167 Å². The molecule has 3 fully saturated rings. The predicted molar refractivity (Wildman–Crippen MR) is 103 cm³/mol. The van der Waals surface area contributed by atoms with Crippen molar-refractivity contribution in [2.45, 2.75) is 64.6 Å². The minimum Gasteiger partial charge on any atom is -0.469 e. The van der Waals surface area contributed by atoms with E-state index in [4.69, 9.17) is 18.6 Å². The normalized spacial score (nSPS) is 44.2. The number of esters is 1. The lowest BCUT2D eigenvalue weighted by molar-refractivity contribution is -0.331. The molecule has 28 heavy (non-hydrogen) atoms. The molecule has 0 amide bonds. The number of hydrogen-bond donors (Lipinski definition) is 0. The third-order valence-corrected chi connectivity index (χ3v) is 8.70. The van der Waals surface area contributed by atoms with Crippen LogP contribution in [0.4, 0.5) is 0 Å². The van der Waals surface area contributed by atoms with Gasteiger partial charge in [0, 0.05) is 18.4 Å². The van der Waals surface area contributed by atoms with Crippen molar-refractivity contribution < 1.29 is 23.4 Å². The van der Waals surface area contributed by atoms with E-state index < -0.39 is 5.41 Å². The molecule has 0 N–H and O–H groups in total. The summed E-state index contributed by atoms with van der Waals surface area (Å²) in [4.78, 5) is 13.0. The maximum atomic E-state index is 13.0. The first-order valence-corrected chi connectivity index (χ1v) is 11.0. The van der Waals surface area contributed by atoms with Gasteiger partial charge in [-0.3, -0.25) is 4.79 Å². The molecule has 5 rings (SSSR count). The minimum absolute atomic E-state index is 0.0856. The molecule has 0 radical (unpaired) electrons. The Morgan fingerprint density at radius 3 is 2.96 bits per heavy atom. The summed E-state index contributed by atoms with van der Waals surface area (Å²) in [6.07, 6.45) is 7.69. The summed E-state index contributed by atoms with van der Waals surface area (Å²) < 4.78 is 23.8. The van der Waals surface area contributed by atoms with Gasteiger partial charge in [-0.05, 0) is 67.9 Å². The number of carbonyl (C=O) groups is 1. The van der Waals surface area contributed by atoms with Crippen LogP contribution in [0, 0.1) is 28.6 Å². The van der Waals surface area contributed by atoms with Crippen molar-refractivity contribution in [2.24, 2.45) is 28.6 Å². The van der Waals surface area contributed by atoms with Gasteiger partial charge < -0.3 is 18.6 Å². The van der Waals surface area contributed by atoms with Crippen LogP contribution in [-0.4, -0.2) is 32.6 Å². The highest BCUT2D eigenvalue weighted by Gasteiger charge is 2.70. The van der Waals surface area contributed by atoms with Gasteiger partial charge in [0.05, 0.1) is 25.4 Å². The zero-order chi connectivity index (χ0) is 19.5. The lowest BCUT2D eigenvalue weighted by atomic mass is 9.41. The van der Waals surface area contributed by atoms with Crippen LogP contribution in [0.25, 0.3) is 0 Å². The molecule has 2 saturated carbocycles. The number of fused-ring (bicyclic) bond motifs is 2. The number of hydrogen-bond acceptors (Lipinski definition) is 5. The standard InChI is InChI=1S/C23H32O5/c1-4-26-21-23-10-5-9-22(13-28-21,20(24)25-3)19(23)7-6-15-14(2)16-8-11-27-18(16)12-17(15)23/h8,11,14-15,17,19,21H,4-7,9-10,12-13H2,1-3H3/t14-,15+,17+,19+,21-,22+,23?/m1/s1. The third kappa shape index (κ3) is 2.23. The second-order valence-corrected chi connectivity index (χ2v) is 9.40. The Morgan fingerprint density at radius 1 is 1.32 bits per heavy atom. The fourth-order valence-corrected chi connectivity index (χ4v) is 7.68. The molecule has 1 saturated heterocycles. The van der Waals surface area contributed by atoms with Gasteiger partial charge in [-0.25, -0.2) is 0 Å². The van der Waals surface area contributed by atoms with E-state index in [1.54, 1.807) is 0 Å². The smallest absolute Gasteiger partial charge is 0.314 e. The number of carbonyl (C=O) groups excluding carboxylic acids is 1. The molecule has 2 bridgehead atoms. The summed E-state index contributed by atoms with van der Waals surface area (Å²) in [7, 11) is 1.52. The van der Waals surface area contributed by atoms with Gasteiger partial charge in [-0.15, -0.1) is 0 Å². The van der Waals surface area contributed by atoms with Crippen LogP contribution in [0.15, 0.2) is 16.7 Å². The summed E-state index contributed by atoms with van der Waals surface area (Å²) in [6.45, 7) is 5.44. The van der Waals surface area contributed by atoms with Crippen LogP contribution in [0.5, 0.6) is 0 Å². The van der Waals surface area contributed by atoms with Crippen LogP contribution < -0.4 is 0 Å². The second-order valence-electron chi connectivity index (χ2n) is 9.40. The van der Waals surface area contributed by atoms with Crippen molar-refractivity contribution in [1.29, 1.82) is 0 Å². The van der Waals surface area contributed by atoms with Crippen LogP contribution >= 0.6 is 0 Å². The van der Waals surface area contributed by atoms with E-state index in [-0.39, 0.29) is 23.6 Å². The summed E-state index contributed by atoms with van der Waals surface area (Å²) in [5.41, 5.74) is 0.719. The largest absolute Gasteiger partial charge is 0.469 e. The summed E-state index contributed by atoms with van der Waals surface area (Å²) in [6, 6.07) is 2.15. The van der Waals surface area contributed by atoms with E-state index in [9.17, 15) is 4.79 Å². The summed E-state index contributed by atoms with van der Waals surface area (Å²) >= 11 is 0. The molecule has 5 nitrogen and oxygen atoms in total.